The molecule has 3 heteroatoms. The number of halogens is 1. The first-order chi connectivity index (χ1) is 5.49. The molecular weight excluding hydrogens is 216 g/mol. The molecule has 0 unspecified atom stereocenters. The van der Waals surface area contributed by atoms with E-state index < -0.39 is 0 Å². The van der Waals surface area contributed by atoms with Crippen molar-refractivity contribution in [2.45, 2.75) is 25.8 Å². The van der Waals surface area contributed by atoms with Crippen LogP contribution in [0.15, 0.2) is 22.8 Å². The van der Waals surface area contributed by atoms with E-state index in [-0.39, 0.29) is 5.54 Å². The minimum atomic E-state index is -0.198. The summed E-state index contributed by atoms with van der Waals surface area (Å²) in [6, 6.07) is 3.88. The summed E-state index contributed by atoms with van der Waals surface area (Å²) in [4.78, 5) is 4.24. The molecule has 0 spiro atoms. The third-order valence-corrected chi connectivity index (χ3v) is 2.18. The summed E-state index contributed by atoms with van der Waals surface area (Å²) in [6.07, 6.45) is 2.57. The first-order valence-electron chi connectivity index (χ1n) is 3.87. The summed E-state index contributed by atoms with van der Waals surface area (Å²) in [5.74, 6) is 0. The van der Waals surface area contributed by atoms with Crippen molar-refractivity contribution in [2.24, 2.45) is 5.73 Å². The molecule has 1 heterocycles. The molecular formula is C9H13BrN2. The van der Waals surface area contributed by atoms with Crippen LogP contribution in [0.4, 0.5) is 0 Å². The molecule has 0 saturated carbocycles. The van der Waals surface area contributed by atoms with Crippen LogP contribution < -0.4 is 5.73 Å². The fourth-order valence-electron chi connectivity index (χ4n) is 0.980. The minimum absolute atomic E-state index is 0.198. The van der Waals surface area contributed by atoms with Crippen molar-refractivity contribution in [3.63, 3.8) is 0 Å². The molecule has 0 bridgehead atoms. The molecule has 0 amide bonds. The van der Waals surface area contributed by atoms with Gasteiger partial charge in [-0.25, -0.2) is 0 Å². The zero-order valence-corrected chi connectivity index (χ0v) is 8.93. The van der Waals surface area contributed by atoms with Gasteiger partial charge in [-0.2, -0.15) is 0 Å². The topological polar surface area (TPSA) is 38.9 Å². The highest BCUT2D eigenvalue weighted by molar-refractivity contribution is 9.10. The Labute approximate surface area is 81.3 Å². The lowest BCUT2D eigenvalue weighted by molar-refractivity contribution is 0.509. The van der Waals surface area contributed by atoms with Crippen molar-refractivity contribution < 1.29 is 0 Å². The standard InChI is InChI=1S/C9H13BrN2/c1-9(2,11)6-8-7(10)4-3-5-12-8/h3-5H,6,11H2,1-2H3. The number of nitrogens with two attached hydrogens (primary N) is 1. The van der Waals surface area contributed by atoms with Crippen molar-refractivity contribution in [1.29, 1.82) is 0 Å². The molecule has 0 saturated heterocycles. The molecule has 1 aromatic heterocycles. The average molecular weight is 229 g/mol. The van der Waals surface area contributed by atoms with Gasteiger partial charge in [0.25, 0.3) is 0 Å². The average Bonchev–Trinajstić information content (AvgIpc) is 1.91. The van der Waals surface area contributed by atoms with Crippen LogP contribution in [0.1, 0.15) is 19.5 Å². The van der Waals surface area contributed by atoms with Crippen LogP contribution in [0.3, 0.4) is 0 Å². The van der Waals surface area contributed by atoms with Crippen LogP contribution in [0.2, 0.25) is 0 Å². The maximum Gasteiger partial charge on any atom is 0.0563 e. The fraction of sp³-hybridized carbons (Fsp3) is 0.444. The van der Waals surface area contributed by atoms with E-state index in [4.69, 9.17) is 5.73 Å². The third-order valence-electron chi connectivity index (χ3n) is 1.46. The quantitative estimate of drug-likeness (QED) is 0.843. The second-order valence-electron chi connectivity index (χ2n) is 3.60. The lowest BCUT2D eigenvalue weighted by atomic mass is 10.00. The van der Waals surface area contributed by atoms with Crippen molar-refractivity contribution >= 4 is 15.9 Å². The second-order valence-corrected chi connectivity index (χ2v) is 4.45. The normalized spacial score (nSPS) is 11.7. The van der Waals surface area contributed by atoms with Crippen LogP contribution >= 0.6 is 15.9 Å². The summed E-state index contributed by atoms with van der Waals surface area (Å²) in [5, 5.41) is 0. The number of hydrogen-bond acceptors (Lipinski definition) is 2. The molecule has 66 valence electrons. The largest absolute Gasteiger partial charge is 0.325 e. The van der Waals surface area contributed by atoms with E-state index in [1.807, 2.05) is 26.0 Å². The van der Waals surface area contributed by atoms with Gasteiger partial charge in [-0.3, -0.25) is 4.98 Å². The smallest absolute Gasteiger partial charge is 0.0563 e. The highest BCUT2D eigenvalue weighted by Crippen LogP contribution is 2.17. The zero-order valence-electron chi connectivity index (χ0n) is 7.34. The predicted molar refractivity (Wildman–Crippen MR) is 53.9 cm³/mol. The van der Waals surface area contributed by atoms with Crippen LogP contribution in [0, 0.1) is 0 Å². The van der Waals surface area contributed by atoms with Crippen molar-refractivity contribution in [3.8, 4) is 0 Å². The van der Waals surface area contributed by atoms with E-state index >= 15 is 0 Å². The highest BCUT2D eigenvalue weighted by atomic mass is 79.9. The van der Waals surface area contributed by atoms with E-state index in [1.54, 1.807) is 6.20 Å². The van der Waals surface area contributed by atoms with Gasteiger partial charge >= 0.3 is 0 Å². The molecule has 0 radical (unpaired) electrons. The molecule has 1 aromatic rings. The lowest BCUT2D eigenvalue weighted by Crippen LogP contribution is -2.34. The minimum Gasteiger partial charge on any atom is -0.325 e. The van der Waals surface area contributed by atoms with Gasteiger partial charge in [0, 0.05) is 22.6 Å². The number of rotatable bonds is 2. The molecule has 0 aliphatic rings. The maximum atomic E-state index is 5.88. The van der Waals surface area contributed by atoms with Gasteiger partial charge in [-0.15, -0.1) is 0 Å². The Morgan fingerprint density at radius 3 is 2.75 bits per heavy atom. The first-order valence-corrected chi connectivity index (χ1v) is 4.66. The Balaban J connectivity index is 2.83. The van der Waals surface area contributed by atoms with Gasteiger partial charge in [0.1, 0.15) is 0 Å². The van der Waals surface area contributed by atoms with E-state index in [0.717, 1.165) is 16.6 Å². The van der Waals surface area contributed by atoms with Crippen molar-refractivity contribution in [1.82, 2.24) is 4.98 Å². The summed E-state index contributed by atoms with van der Waals surface area (Å²) in [6.45, 7) is 3.99. The molecule has 0 aliphatic carbocycles. The Bertz CT molecular complexity index is 265. The first kappa shape index (κ1) is 9.68. The van der Waals surface area contributed by atoms with Crippen molar-refractivity contribution in [3.05, 3.63) is 28.5 Å². The number of hydrogen-bond donors (Lipinski definition) is 1. The highest BCUT2D eigenvalue weighted by Gasteiger charge is 2.13. The van der Waals surface area contributed by atoms with Gasteiger partial charge in [-0.05, 0) is 41.9 Å². The molecule has 1 rings (SSSR count). The molecule has 0 fully saturated rings. The summed E-state index contributed by atoms with van der Waals surface area (Å²) >= 11 is 3.43. The van der Waals surface area contributed by atoms with Crippen LogP contribution in [-0.2, 0) is 6.42 Å². The molecule has 0 aliphatic heterocycles. The van der Waals surface area contributed by atoms with E-state index in [2.05, 4.69) is 20.9 Å². The SMILES string of the molecule is CC(C)(N)Cc1ncccc1Br. The molecule has 2 nitrogen and oxygen atoms in total. The Morgan fingerprint density at radius 1 is 1.58 bits per heavy atom. The Kier molecular flexibility index (Phi) is 2.85. The van der Waals surface area contributed by atoms with Crippen LogP contribution in [-0.4, -0.2) is 10.5 Å². The Hall–Kier alpha value is -0.410. The predicted octanol–water partition coefficient (Wildman–Crippen LogP) is 2.12. The van der Waals surface area contributed by atoms with E-state index in [1.165, 1.54) is 0 Å². The Morgan fingerprint density at radius 2 is 2.25 bits per heavy atom. The van der Waals surface area contributed by atoms with Crippen molar-refractivity contribution in [2.75, 3.05) is 0 Å². The summed E-state index contributed by atoms with van der Waals surface area (Å²) < 4.78 is 1.03. The summed E-state index contributed by atoms with van der Waals surface area (Å²) in [5.41, 5.74) is 6.70. The molecule has 2 N–H and O–H groups in total. The van der Waals surface area contributed by atoms with Crippen LogP contribution in [0.25, 0.3) is 0 Å². The molecule has 12 heavy (non-hydrogen) atoms. The monoisotopic (exact) mass is 228 g/mol. The van der Waals surface area contributed by atoms with Gasteiger partial charge in [0.2, 0.25) is 0 Å². The summed E-state index contributed by atoms with van der Waals surface area (Å²) in [7, 11) is 0. The fourth-order valence-corrected chi connectivity index (χ4v) is 1.38. The number of aromatic nitrogens is 1. The zero-order chi connectivity index (χ0) is 9.19. The van der Waals surface area contributed by atoms with Gasteiger partial charge in [-0.1, -0.05) is 0 Å². The molecule has 0 aromatic carbocycles. The van der Waals surface area contributed by atoms with Gasteiger partial charge in [0.05, 0.1) is 5.69 Å². The second kappa shape index (κ2) is 3.54. The van der Waals surface area contributed by atoms with Gasteiger partial charge < -0.3 is 5.73 Å². The third kappa shape index (κ3) is 2.91. The molecule has 0 atom stereocenters. The van der Waals surface area contributed by atoms with Crippen LogP contribution in [0.5, 0.6) is 0 Å². The number of nitrogens with zero attached hydrogens (tertiary/aromatic N) is 1. The lowest BCUT2D eigenvalue weighted by Gasteiger charge is -2.18. The van der Waals surface area contributed by atoms with E-state index in [0.29, 0.717) is 0 Å². The van der Waals surface area contributed by atoms with E-state index in [9.17, 15) is 0 Å². The van der Waals surface area contributed by atoms with Gasteiger partial charge in [0.15, 0.2) is 0 Å². The maximum absolute atomic E-state index is 5.88. The number of pyridine rings is 1.